The van der Waals surface area contributed by atoms with Crippen LogP contribution in [0.1, 0.15) is 37.2 Å². The standard InChI is InChI=1S/C20H25N5O/c1-6-20(4,21-16-11-8-12-17(13-16)26-5)19-22-23-24-25(19)18-14(2)9-7-10-15(18)3/h7-13,21H,6H2,1-5H3. The highest BCUT2D eigenvalue weighted by molar-refractivity contribution is 5.52. The number of nitrogens with one attached hydrogen (secondary N) is 1. The van der Waals surface area contributed by atoms with E-state index in [4.69, 9.17) is 4.74 Å². The van der Waals surface area contributed by atoms with Gasteiger partial charge in [-0.15, -0.1) is 5.10 Å². The third-order valence-corrected chi connectivity index (χ3v) is 4.81. The first kappa shape index (κ1) is 17.9. The van der Waals surface area contributed by atoms with E-state index < -0.39 is 5.54 Å². The average Bonchev–Trinajstić information content (AvgIpc) is 3.12. The molecule has 0 radical (unpaired) electrons. The molecule has 0 aliphatic rings. The van der Waals surface area contributed by atoms with Gasteiger partial charge in [-0.05, 0) is 60.9 Å². The first-order chi connectivity index (χ1) is 12.5. The predicted octanol–water partition coefficient (Wildman–Crippen LogP) is 4.03. The van der Waals surface area contributed by atoms with Crippen molar-refractivity contribution in [1.29, 1.82) is 0 Å². The van der Waals surface area contributed by atoms with Crippen LogP contribution in [0.3, 0.4) is 0 Å². The number of rotatable bonds is 6. The molecule has 6 nitrogen and oxygen atoms in total. The van der Waals surface area contributed by atoms with E-state index in [1.807, 2.05) is 35.0 Å². The molecule has 3 rings (SSSR count). The van der Waals surface area contributed by atoms with Gasteiger partial charge >= 0.3 is 0 Å². The third-order valence-electron chi connectivity index (χ3n) is 4.81. The number of aromatic nitrogens is 4. The van der Waals surface area contributed by atoms with Crippen LogP contribution >= 0.6 is 0 Å². The van der Waals surface area contributed by atoms with Crippen molar-refractivity contribution < 1.29 is 4.74 Å². The van der Waals surface area contributed by atoms with Crippen molar-refractivity contribution in [3.8, 4) is 11.4 Å². The van der Waals surface area contributed by atoms with Gasteiger partial charge in [0.15, 0.2) is 5.82 Å². The molecule has 3 aromatic rings. The molecule has 1 atom stereocenters. The van der Waals surface area contributed by atoms with Crippen LogP contribution in [-0.2, 0) is 5.54 Å². The summed E-state index contributed by atoms with van der Waals surface area (Å²) in [6.45, 7) is 8.39. The number of hydrogen-bond acceptors (Lipinski definition) is 5. The van der Waals surface area contributed by atoms with E-state index in [0.717, 1.165) is 40.5 Å². The Morgan fingerprint density at radius 1 is 1.12 bits per heavy atom. The molecule has 0 spiro atoms. The molecular weight excluding hydrogens is 326 g/mol. The topological polar surface area (TPSA) is 64.9 Å². The quantitative estimate of drug-likeness (QED) is 0.726. The van der Waals surface area contributed by atoms with Gasteiger partial charge in [-0.1, -0.05) is 31.2 Å². The molecule has 1 N–H and O–H groups in total. The predicted molar refractivity (Wildman–Crippen MR) is 103 cm³/mol. The zero-order valence-electron chi connectivity index (χ0n) is 15.9. The fourth-order valence-corrected chi connectivity index (χ4v) is 3.14. The summed E-state index contributed by atoms with van der Waals surface area (Å²) < 4.78 is 7.18. The molecule has 1 aromatic heterocycles. The molecule has 1 heterocycles. The molecular formula is C20H25N5O. The molecule has 6 heteroatoms. The maximum absolute atomic E-state index is 5.33. The number of nitrogens with zero attached hydrogens (tertiary/aromatic N) is 4. The number of anilines is 1. The van der Waals surface area contributed by atoms with Crippen LogP contribution in [-0.4, -0.2) is 27.3 Å². The van der Waals surface area contributed by atoms with Crippen LogP contribution in [0.5, 0.6) is 5.75 Å². The summed E-state index contributed by atoms with van der Waals surface area (Å²) in [5, 5.41) is 16.2. The Kier molecular flexibility index (Phi) is 4.93. The van der Waals surface area contributed by atoms with Gasteiger partial charge in [-0.2, -0.15) is 4.68 Å². The van der Waals surface area contributed by atoms with Crippen molar-refractivity contribution in [3.63, 3.8) is 0 Å². The Morgan fingerprint density at radius 2 is 1.81 bits per heavy atom. The van der Waals surface area contributed by atoms with Gasteiger partial charge in [0.05, 0.1) is 18.3 Å². The minimum atomic E-state index is -0.440. The minimum Gasteiger partial charge on any atom is -0.497 e. The average molecular weight is 351 g/mol. The normalized spacial score (nSPS) is 13.3. The molecule has 1 unspecified atom stereocenters. The Hall–Kier alpha value is -2.89. The van der Waals surface area contributed by atoms with Crippen molar-refractivity contribution in [2.45, 2.75) is 39.7 Å². The first-order valence-corrected chi connectivity index (χ1v) is 8.76. The second-order valence-corrected chi connectivity index (χ2v) is 6.70. The Labute approximate surface area is 154 Å². The lowest BCUT2D eigenvalue weighted by molar-refractivity contribution is 0.414. The van der Waals surface area contributed by atoms with Crippen LogP contribution in [0.2, 0.25) is 0 Å². The fourth-order valence-electron chi connectivity index (χ4n) is 3.14. The number of benzene rings is 2. The molecule has 0 saturated heterocycles. The van der Waals surface area contributed by atoms with Crippen LogP contribution in [0.15, 0.2) is 42.5 Å². The third kappa shape index (κ3) is 3.27. The highest BCUT2D eigenvalue weighted by atomic mass is 16.5. The first-order valence-electron chi connectivity index (χ1n) is 8.76. The van der Waals surface area contributed by atoms with E-state index in [1.165, 1.54) is 0 Å². The molecule has 0 bridgehead atoms. The lowest BCUT2D eigenvalue weighted by Crippen LogP contribution is -2.34. The maximum atomic E-state index is 5.33. The van der Waals surface area contributed by atoms with E-state index in [2.05, 4.69) is 60.7 Å². The van der Waals surface area contributed by atoms with Crippen molar-refractivity contribution in [2.75, 3.05) is 12.4 Å². The summed E-state index contributed by atoms with van der Waals surface area (Å²) in [5.41, 5.74) is 3.83. The molecule has 0 saturated carbocycles. The van der Waals surface area contributed by atoms with Crippen LogP contribution < -0.4 is 10.1 Å². The number of methoxy groups -OCH3 is 1. The minimum absolute atomic E-state index is 0.440. The van der Waals surface area contributed by atoms with Crippen molar-refractivity contribution in [2.24, 2.45) is 0 Å². The summed E-state index contributed by atoms with van der Waals surface area (Å²) in [4.78, 5) is 0. The molecule has 0 aliphatic heterocycles. The van der Waals surface area contributed by atoms with E-state index in [1.54, 1.807) is 7.11 Å². The largest absolute Gasteiger partial charge is 0.497 e. The highest BCUT2D eigenvalue weighted by Crippen LogP contribution is 2.31. The fraction of sp³-hybridized carbons (Fsp3) is 0.350. The molecule has 26 heavy (non-hydrogen) atoms. The van der Waals surface area contributed by atoms with Gasteiger partial charge in [0, 0.05) is 11.8 Å². The van der Waals surface area contributed by atoms with Crippen LogP contribution in [0, 0.1) is 13.8 Å². The lowest BCUT2D eigenvalue weighted by atomic mass is 9.96. The molecule has 2 aromatic carbocycles. The van der Waals surface area contributed by atoms with E-state index in [-0.39, 0.29) is 0 Å². The van der Waals surface area contributed by atoms with Crippen LogP contribution in [0.4, 0.5) is 5.69 Å². The number of ether oxygens (including phenoxy) is 1. The van der Waals surface area contributed by atoms with Crippen molar-refractivity contribution >= 4 is 5.69 Å². The molecule has 0 aliphatic carbocycles. The van der Waals surface area contributed by atoms with Crippen LogP contribution in [0.25, 0.3) is 5.69 Å². The zero-order chi connectivity index (χ0) is 18.7. The molecule has 136 valence electrons. The Bertz CT molecular complexity index is 884. The second kappa shape index (κ2) is 7.15. The summed E-state index contributed by atoms with van der Waals surface area (Å²) in [5.74, 6) is 1.59. The van der Waals surface area contributed by atoms with Gasteiger partial charge in [0.1, 0.15) is 5.75 Å². The summed E-state index contributed by atoms with van der Waals surface area (Å²) in [7, 11) is 1.67. The van der Waals surface area contributed by atoms with Crippen molar-refractivity contribution in [3.05, 3.63) is 59.4 Å². The smallest absolute Gasteiger partial charge is 0.181 e. The van der Waals surface area contributed by atoms with Gasteiger partial charge in [0.25, 0.3) is 0 Å². The second-order valence-electron chi connectivity index (χ2n) is 6.70. The SMILES string of the molecule is CCC(C)(Nc1cccc(OC)c1)c1nnnn1-c1c(C)cccc1C. The Morgan fingerprint density at radius 3 is 2.46 bits per heavy atom. The van der Waals surface area contributed by atoms with Gasteiger partial charge < -0.3 is 10.1 Å². The monoisotopic (exact) mass is 351 g/mol. The number of tetrazole rings is 1. The van der Waals surface area contributed by atoms with E-state index in [0.29, 0.717) is 0 Å². The number of aryl methyl sites for hydroxylation is 2. The summed E-state index contributed by atoms with van der Waals surface area (Å²) in [6.07, 6.45) is 0.815. The zero-order valence-corrected chi connectivity index (χ0v) is 15.9. The van der Waals surface area contributed by atoms with E-state index in [9.17, 15) is 0 Å². The van der Waals surface area contributed by atoms with Gasteiger partial charge in [-0.25, -0.2) is 0 Å². The van der Waals surface area contributed by atoms with Crippen molar-refractivity contribution in [1.82, 2.24) is 20.2 Å². The lowest BCUT2D eigenvalue weighted by Gasteiger charge is -2.30. The Balaban J connectivity index is 2.05. The number of hydrogen-bond donors (Lipinski definition) is 1. The molecule has 0 fully saturated rings. The van der Waals surface area contributed by atoms with Gasteiger partial charge in [0.2, 0.25) is 0 Å². The summed E-state index contributed by atoms with van der Waals surface area (Å²) in [6, 6.07) is 14.1. The highest BCUT2D eigenvalue weighted by Gasteiger charge is 2.32. The molecule has 0 amide bonds. The van der Waals surface area contributed by atoms with Gasteiger partial charge in [-0.3, -0.25) is 0 Å². The maximum Gasteiger partial charge on any atom is 0.181 e. The van der Waals surface area contributed by atoms with E-state index >= 15 is 0 Å². The summed E-state index contributed by atoms with van der Waals surface area (Å²) >= 11 is 0. The number of para-hydroxylation sites is 1.